The summed E-state index contributed by atoms with van der Waals surface area (Å²) in [6.45, 7) is 1.93. The number of halogens is 1. The number of carbonyl (C=O) groups excluding carboxylic acids is 1. The molecule has 2 aromatic carbocycles. The highest BCUT2D eigenvalue weighted by Crippen LogP contribution is 2.21. The molecular formula is C24H25FN2O5. The molecule has 7 nitrogen and oxygen atoms in total. The predicted octanol–water partition coefficient (Wildman–Crippen LogP) is 3.34. The van der Waals surface area contributed by atoms with Gasteiger partial charge in [0.25, 0.3) is 5.91 Å². The van der Waals surface area contributed by atoms with Crippen LogP contribution < -0.4 is 20.2 Å². The summed E-state index contributed by atoms with van der Waals surface area (Å²) in [5.41, 5.74) is 0.635. The number of ether oxygens (including phenoxy) is 2. The maximum Gasteiger partial charge on any atom is 0.287 e. The number of rotatable bonds is 6. The lowest BCUT2D eigenvalue weighted by molar-refractivity contribution is 0.0881. The fraction of sp³-hybridized carbons (Fsp3) is 0.333. The van der Waals surface area contributed by atoms with Crippen LogP contribution in [0.15, 0.2) is 51.7 Å². The number of fused-ring (bicyclic) bond motifs is 1. The Bertz CT molecular complexity index is 1180. The molecule has 8 heteroatoms. The van der Waals surface area contributed by atoms with Crippen molar-refractivity contribution in [1.29, 1.82) is 0 Å². The Morgan fingerprint density at radius 3 is 2.47 bits per heavy atom. The predicted molar refractivity (Wildman–Crippen MR) is 118 cm³/mol. The molecule has 0 unspecified atom stereocenters. The molecule has 0 spiro atoms. The van der Waals surface area contributed by atoms with E-state index in [0.29, 0.717) is 34.6 Å². The third-order valence-corrected chi connectivity index (χ3v) is 5.74. The number of likely N-dealkylation sites (tertiary alicyclic amines) is 1. The first-order valence-corrected chi connectivity index (χ1v) is 10.4. The first kappa shape index (κ1) is 21.8. The average molecular weight is 440 g/mol. The minimum Gasteiger partial charge on any atom is -0.497 e. The molecule has 1 saturated heterocycles. The number of piperidine rings is 1. The normalized spacial score (nSPS) is 15.0. The Hall–Kier alpha value is -3.39. The smallest absolute Gasteiger partial charge is 0.287 e. The van der Waals surface area contributed by atoms with Gasteiger partial charge in [0.15, 0.2) is 11.2 Å². The molecular weight excluding hydrogens is 415 g/mol. The van der Waals surface area contributed by atoms with E-state index in [0.717, 1.165) is 25.9 Å². The van der Waals surface area contributed by atoms with Crippen LogP contribution in [0.25, 0.3) is 11.0 Å². The molecule has 0 radical (unpaired) electrons. The largest absolute Gasteiger partial charge is 0.497 e. The molecule has 1 fully saturated rings. The molecule has 0 bridgehead atoms. The van der Waals surface area contributed by atoms with Crippen molar-refractivity contribution in [2.75, 3.05) is 27.3 Å². The highest BCUT2D eigenvalue weighted by Gasteiger charge is 2.23. The maximum absolute atomic E-state index is 14.2. The molecule has 3 aromatic rings. The molecule has 32 heavy (non-hydrogen) atoms. The van der Waals surface area contributed by atoms with E-state index in [9.17, 15) is 14.0 Å². The SMILES string of the molecule is COc1ccc(CN2CCC(NC(=O)c3cc(=O)c4ccc(OC)cc4o3)CC2)c(F)c1. The minimum absolute atomic E-state index is 0.0292. The van der Waals surface area contributed by atoms with Crippen molar-refractivity contribution in [3.63, 3.8) is 0 Å². The fourth-order valence-corrected chi connectivity index (χ4v) is 3.89. The number of hydrogen-bond donors (Lipinski definition) is 1. The van der Waals surface area contributed by atoms with Gasteiger partial charge in [0.2, 0.25) is 0 Å². The van der Waals surface area contributed by atoms with Crippen LogP contribution in [0.5, 0.6) is 11.5 Å². The van der Waals surface area contributed by atoms with E-state index in [1.165, 1.54) is 26.4 Å². The third kappa shape index (κ3) is 4.75. The lowest BCUT2D eigenvalue weighted by atomic mass is 10.0. The van der Waals surface area contributed by atoms with Crippen LogP contribution in [-0.2, 0) is 6.54 Å². The number of nitrogens with one attached hydrogen (secondary N) is 1. The number of nitrogens with zero attached hydrogens (tertiary/aromatic N) is 1. The van der Waals surface area contributed by atoms with E-state index in [4.69, 9.17) is 13.9 Å². The zero-order valence-corrected chi connectivity index (χ0v) is 18.0. The number of benzene rings is 2. The zero-order valence-electron chi connectivity index (χ0n) is 18.0. The van der Waals surface area contributed by atoms with E-state index < -0.39 is 5.91 Å². The molecule has 1 aromatic heterocycles. The lowest BCUT2D eigenvalue weighted by Gasteiger charge is -2.32. The Labute approximate surface area is 184 Å². The van der Waals surface area contributed by atoms with Gasteiger partial charge in [-0.05, 0) is 31.0 Å². The molecule has 2 heterocycles. The van der Waals surface area contributed by atoms with Crippen molar-refractivity contribution in [3.8, 4) is 11.5 Å². The first-order chi connectivity index (χ1) is 15.5. The van der Waals surface area contributed by atoms with Gasteiger partial charge < -0.3 is 19.2 Å². The summed E-state index contributed by atoms with van der Waals surface area (Å²) in [5, 5.41) is 3.34. The molecule has 4 rings (SSSR count). The van der Waals surface area contributed by atoms with Gasteiger partial charge in [0.05, 0.1) is 19.6 Å². The van der Waals surface area contributed by atoms with E-state index in [1.54, 1.807) is 30.3 Å². The second kappa shape index (κ2) is 9.40. The van der Waals surface area contributed by atoms with Crippen LogP contribution in [0.3, 0.4) is 0 Å². The summed E-state index contributed by atoms with van der Waals surface area (Å²) in [4.78, 5) is 27.2. The topological polar surface area (TPSA) is 81.0 Å². The van der Waals surface area contributed by atoms with Crippen LogP contribution >= 0.6 is 0 Å². The Kier molecular flexibility index (Phi) is 6.41. The number of methoxy groups -OCH3 is 2. The van der Waals surface area contributed by atoms with Gasteiger partial charge in [-0.3, -0.25) is 14.5 Å². The van der Waals surface area contributed by atoms with Crippen molar-refractivity contribution in [2.24, 2.45) is 0 Å². The van der Waals surface area contributed by atoms with E-state index in [2.05, 4.69) is 10.2 Å². The molecule has 168 valence electrons. The monoisotopic (exact) mass is 440 g/mol. The van der Waals surface area contributed by atoms with Crippen LogP contribution in [0.4, 0.5) is 4.39 Å². The van der Waals surface area contributed by atoms with Crippen molar-refractivity contribution in [3.05, 3.63) is 69.8 Å². The van der Waals surface area contributed by atoms with Crippen molar-refractivity contribution < 1.29 is 23.1 Å². The quantitative estimate of drug-likeness (QED) is 0.633. The Morgan fingerprint density at radius 2 is 1.78 bits per heavy atom. The number of carbonyl (C=O) groups is 1. The highest BCUT2D eigenvalue weighted by atomic mass is 19.1. The maximum atomic E-state index is 14.2. The van der Waals surface area contributed by atoms with Crippen LogP contribution in [0.2, 0.25) is 0 Å². The average Bonchev–Trinajstić information content (AvgIpc) is 2.81. The minimum atomic E-state index is -0.425. The lowest BCUT2D eigenvalue weighted by Crippen LogP contribution is -2.44. The zero-order chi connectivity index (χ0) is 22.7. The summed E-state index contributed by atoms with van der Waals surface area (Å²) in [5.74, 6) is 0.290. The molecule has 1 aliphatic heterocycles. The van der Waals surface area contributed by atoms with Gasteiger partial charge in [-0.1, -0.05) is 6.07 Å². The van der Waals surface area contributed by atoms with Crippen LogP contribution in [-0.4, -0.2) is 44.2 Å². The van der Waals surface area contributed by atoms with Crippen LogP contribution in [0, 0.1) is 5.82 Å². The van der Waals surface area contributed by atoms with Crippen LogP contribution in [0.1, 0.15) is 29.0 Å². The molecule has 1 aliphatic rings. The second-order valence-electron chi connectivity index (χ2n) is 7.82. The van der Waals surface area contributed by atoms with Gasteiger partial charge in [0.1, 0.15) is 22.9 Å². The summed E-state index contributed by atoms with van der Waals surface area (Å²) in [6, 6.07) is 10.9. The van der Waals surface area contributed by atoms with Crippen molar-refractivity contribution in [2.45, 2.75) is 25.4 Å². The molecule has 0 atom stereocenters. The molecule has 0 saturated carbocycles. The van der Waals surface area contributed by atoms with Crippen molar-refractivity contribution >= 4 is 16.9 Å². The molecule has 1 N–H and O–H groups in total. The summed E-state index contributed by atoms with van der Waals surface area (Å²) in [7, 11) is 3.03. The summed E-state index contributed by atoms with van der Waals surface area (Å²) in [6.07, 6.45) is 1.43. The number of amides is 1. The standard InChI is InChI=1S/C24H25FN2O5/c1-30-17-4-3-15(20(25)11-17)14-27-9-7-16(8-10-27)26-24(29)23-13-21(28)19-6-5-18(31-2)12-22(19)32-23/h3-6,11-13,16H,7-10,14H2,1-2H3,(H,26,29). The van der Waals surface area contributed by atoms with E-state index in [-0.39, 0.29) is 23.0 Å². The fourth-order valence-electron chi connectivity index (χ4n) is 3.89. The van der Waals surface area contributed by atoms with Crippen molar-refractivity contribution in [1.82, 2.24) is 10.2 Å². The third-order valence-electron chi connectivity index (χ3n) is 5.74. The van der Waals surface area contributed by atoms with Gasteiger partial charge in [-0.2, -0.15) is 0 Å². The Balaban J connectivity index is 1.37. The Morgan fingerprint density at radius 1 is 1.09 bits per heavy atom. The first-order valence-electron chi connectivity index (χ1n) is 10.4. The van der Waals surface area contributed by atoms with Gasteiger partial charge in [0, 0.05) is 49.4 Å². The highest BCUT2D eigenvalue weighted by molar-refractivity contribution is 5.93. The number of hydrogen-bond acceptors (Lipinski definition) is 6. The van der Waals surface area contributed by atoms with E-state index >= 15 is 0 Å². The van der Waals surface area contributed by atoms with Gasteiger partial charge in [-0.25, -0.2) is 4.39 Å². The van der Waals surface area contributed by atoms with E-state index in [1.807, 2.05) is 0 Å². The summed E-state index contributed by atoms with van der Waals surface area (Å²) < 4.78 is 30.1. The van der Waals surface area contributed by atoms with Gasteiger partial charge >= 0.3 is 0 Å². The molecule has 1 amide bonds. The molecule has 0 aliphatic carbocycles. The summed E-state index contributed by atoms with van der Waals surface area (Å²) >= 11 is 0. The van der Waals surface area contributed by atoms with Gasteiger partial charge in [-0.15, -0.1) is 0 Å². The second-order valence-corrected chi connectivity index (χ2v) is 7.82.